The molecule has 172 valence electrons. The Balaban J connectivity index is 1.67. The number of allylic oxidation sites excluding steroid dienone is 1. The fourth-order valence-corrected chi connectivity index (χ4v) is 5.97. The van der Waals surface area contributed by atoms with E-state index in [0.717, 1.165) is 21.2 Å². The highest BCUT2D eigenvalue weighted by Crippen LogP contribution is 2.33. The molecule has 1 aliphatic heterocycles. The Morgan fingerprint density at radius 2 is 1.94 bits per heavy atom. The van der Waals surface area contributed by atoms with E-state index in [2.05, 4.69) is 17.1 Å². The van der Waals surface area contributed by atoms with Crippen molar-refractivity contribution in [3.8, 4) is 0 Å². The molecule has 1 aliphatic rings. The van der Waals surface area contributed by atoms with Gasteiger partial charge in [-0.3, -0.25) is 9.36 Å². The maximum atomic E-state index is 13.7. The third-order valence-corrected chi connectivity index (χ3v) is 7.59. The molecular formula is C26H22N2O4S2. The van der Waals surface area contributed by atoms with Crippen LogP contribution in [0.2, 0.25) is 0 Å². The predicted molar refractivity (Wildman–Crippen MR) is 135 cm³/mol. The second-order valence-corrected chi connectivity index (χ2v) is 9.78. The summed E-state index contributed by atoms with van der Waals surface area (Å²) in [6, 6.07) is 17.4. The molecule has 3 heterocycles. The van der Waals surface area contributed by atoms with Gasteiger partial charge < -0.3 is 9.47 Å². The zero-order valence-electron chi connectivity index (χ0n) is 18.7. The summed E-state index contributed by atoms with van der Waals surface area (Å²) in [4.78, 5) is 32.8. The highest BCUT2D eigenvalue weighted by molar-refractivity contribution is 7.10. The summed E-state index contributed by atoms with van der Waals surface area (Å²) >= 11 is 2.83. The number of rotatable bonds is 6. The van der Waals surface area contributed by atoms with E-state index in [1.807, 2.05) is 53.9 Å². The van der Waals surface area contributed by atoms with Crippen LogP contribution in [0, 0.1) is 0 Å². The first-order valence-electron chi connectivity index (χ1n) is 10.8. The number of thiazole rings is 1. The molecule has 0 N–H and O–H groups in total. The van der Waals surface area contributed by atoms with E-state index in [1.54, 1.807) is 18.6 Å². The van der Waals surface area contributed by atoms with Crippen LogP contribution in [-0.2, 0) is 14.3 Å². The van der Waals surface area contributed by atoms with Gasteiger partial charge in [-0.1, -0.05) is 59.9 Å². The lowest BCUT2D eigenvalue weighted by atomic mass is 10.0. The first kappa shape index (κ1) is 22.5. The molecule has 2 aromatic heterocycles. The Morgan fingerprint density at radius 1 is 1.12 bits per heavy atom. The van der Waals surface area contributed by atoms with Gasteiger partial charge in [0.2, 0.25) is 0 Å². The van der Waals surface area contributed by atoms with Crippen molar-refractivity contribution in [3.05, 3.63) is 101 Å². The smallest absolute Gasteiger partial charge is 0.338 e. The van der Waals surface area contributed by atoms with Crippen molar-refractivity contribution in [3.63, 3.8) is 0 Å². The van der Waals surface area contributed by atoms with E-state index in [-0.39, 0.29) is 12.2 Å². The van der Waals surface area contributed by atoms with E-state index in [4.69, 9.17) is 9.47 Å². The highest BCUT2D eigenvalue weighted by atomic mass is 32.1. The van der Waals surface area contributed by atoms with Crippen molar-refractivity contribution in [1.82, 2.24) is 4.57 Å². The Bertz CT molecular complexity index is 1570. The number of methoxy groups -OCH3 is 1. The van der Waals surface area contributed by atoms with E-state index in [0.29, 0.717) is 27.2 Å². The summed E-state index contributed by atoms with van der Waals surface area (Å²) in [6.07, 6.45) is 1.91. The predicted octanol–water partition coefficient (Wildman–Crippen LogP) is 3.64. The lowest BCUT2D eigenvalue weighted by Gasteiger charge is -2.23. The van der Waals surface area contributed by atoms with Gasteiger partial charge in [0.1, 0.15) is 12.6 Å². The normalized spacial score (nSPS) is 15.9. The van der Waals surface area contributed by atoms with Gasteiger partial charge in [-0.15, -0.1) is 11.3 Å². The molecule has 4 aromatic rings. The SMILES string of the molecule is COCCOC(=O)C1=C(C)N=c2s/c(=C/c3cccc4ccccc34)c(=O)n2[C@@H]1c1cccs1. The van der Waals surface area contributed by atoms with Gasteiger partial charge >= 0.3 is 5.97 Å². The standard InChI is InChI=1S/C26H22N2O4S2/c1-16-22(25(30)32-13-12-31-2)23(20-11-6-14-33-20)28-24(29)21(34-26(28)27-16)15-18-9-5-8-17-7-3-4-10-19(17)18/h3-11,14-15,23H,12-13H2,1-2H3/b21-15+/t23-/m1/s1. The highest BCUT2D eigenvalue weighted by Gasteiger charge is 2.34. The lowest BCUT2D eigenvalue weighted by Crippen LogP contribution is -2.39. The maximum Gasteiger partial charge on any atom is 0.338 e. The first-order chi connectivity index (χ1) is 16.6. The van der Waals surface area contributed by atoms with Crippen LogP contribution in [0.4, 0.5) is 0 Å². The topological polar surface area (TPSA) is 69.9 Å². The van der Waals surface area contributed by atoms with Crippen LogP contribution in [0.1, 0.15) is 23.4 Å². The van der Waals surface area contributed by atoms with E-state index in [1.165, 1.54) is 22.7 Å². The van der Waals surface area contributed by atoms with Crippen LogP contribution in [-0.4, -0.2) is 30.9 Å². The van der Waals surface area contributed by atoms with Crippen molar-refractivity contribution in [2.24, 2.45) is 4.99 Å². The minimum Gasteiger partial charge on any atom is -0.460 e. The molecule has 8 heteroatoms. The monoisotopic (exact) mass is 490 g/mol. The second kappa shape index (κ2) is 9.50. The molecule has 0 spiro atoms. The number of esters is 1. The molecule has 0 fully saturated rings. The largest absolute Gasteiger partial charge is 0.460 e. The number of carbonyl (C=O) groups excluding carboxylic acids is 1. The summed E-state index contributed by atoms with van der Waals surface area (Å²) in [5.74, 6) is -0.486. The molecule has 0 unspecified atom stereocenters. The molecular weight excluding hydrogens is 468 g/mol. The van der Waals surface area contributed by atoms with Gasteiger partial charge in [-0.05, 0) is 40.8 Å². The van der Waals surface area contributed by atoms with Crippen LogP contribution in [0.25, 0.3) is 16.8 Å². The van der Waals surface area contributed by atoms with E-state index < -0.39 is 12.0 Å². The van der Waals surface area contributed by atoms with Crippen LogP contribution in [0.3, 0.4) is 0 Å². The van der Waals surface area contributed by atoms with Crippen LogP contribution in [0.5, 0.6) is 0 Å². The van der Waals surface area contributed by atoms with Gasteiger partial charge in [0.15, 0.2) is 4.80 Å². The Morgan fingerprint density at radius 3 is 2.74 bits per heavy atom. The van der Waals surface area contributed by atoms with Crippen LogP contribution < -0.4 is 14.9 Å². The summed E-state index contributed by atoms with van der Waals surface area (Å²) in [5, 5.41) is 4.12. The Kier molecular flexibility index (Phi) is 6.28. The van der Waals surface area contributed by atoms with Gasteiger partial charge in [0.05, 0.1) is 22.4 Å². The molecule has 0 saturated heterocycles. The summed E-state index contributed by atoms with van der Waals surface area (Å²) in [7, 11) is 1.55. The number of fused-ring (bicyclic) bond motifs is 2. The van der Waals surface area contributed by atoms with Crippen molar-refractivity contribution < 1.29 is 14.3 Å². The van der Waals surface area contributed by atoms with Gasteiger partial charge in [0, 0.05) is 12.0 Å². The van der Waals surface area contributed by atoms with Crippen molar-refractivity contribution >= 4 is 45.5 Å². The quantitative estimate of drug-likeness (QED) is 0.306. The molecule has 0 bridgehead atoms. The lowest BCUT2D eigenvalue weighted by molar-refractivity contribution is -0.140. The number of thiophene rings is 1. The summed E-state index contributed by atoms with van der Waals surface area (Å²) in [6.45, 7) is 2.22. The molecule has 34 heavy (non-hydrogen) atoms. The summed E-state index contributed by atoms with van der Waals surface area (Å²) < 4.78 is 12.6. The van der Waals surface area contributed by atoms with Crippen molar-refractivity contribution in [1.29, 1.82) is 0 Å². The molecule has 0 aliphatic carbocycles. The number of hydrogen-bond acceptors (Lipinski definition) is 7. The number of nitrogens with zero attached hydrogens (tertiary/aromatic N) is 2. The van der Waals surface area contributed by atoms with Gasteiger partial charge in [0.25, 0.3) is 5.56 Å². The molecule has 0 amide bonds. The number of ether oxygens (including phenoxy) is 2. The third kappa shape index (κ3) is 4.04. The van der Waals surface area contributed by atoms with Crippen LogP contribution in [0.15, 0.2) is 81.0 Å². The number of carbonyl (C=O) groups is 1. The second-order valence-electron chi connectivity index (χ2n) is 7.79. The molecule has 5 rings (SSSR count). The number of hydrogen-bond donors (Lipinski definition) is 0. The van der Waals surface area contributed by atoms with E-state index >= 15 is 0 Å². The minimum atomic E-state index is -0.582. The van der Waals surface area contributed by atoms with Crippen molar-refractivity contribution in [2.75, 3.05) is 20.3 Å². The van der Waals surface area contributed by atoms with E-state index in [9.17, 15) is 9.59 Å². The zero-order valence-corrected chi connectivity index (χ0v) is 20.3. The first-order valence-corrected chi connectivity index (χ1v) is 12.5. The van der Waals surface area contributed by atoms with Crippen molar-refractivity contribution in [2.45, 2.75) is 13.0 Å². The maximum absolute atomic E-state index is 13.7. The summed E-state index contributed by atoms with van der Waals surface area (Å²) in [5.41, 5.74) is 1.72. The molecule has 0 saturated carbocycles. The Hall–Kier alpha value is -3.33. The molecule has 1 atom stereocenters. The average molecular weight is 491 g/mol. The molecule has 0 radical (unpaired) electrons. The number of benzene rings is 2. The van der Waals surface area contributed by atoms with Gasteiger partial charge in [-0.25, -0.2) is 9.79 Å². The molecule has 2 aromatic carbocycles. The fourth-order valence-electron chi connectivity index (χ4n) is 4.11. The zero-order chi connectivity index (χ0) is 23.7. The van der Waals surface area contributed by atoms with Crippen LogP contribution >= 0.6 is 22.7 Å². The average Bonchev–Trinajstić information content (AvgIpc) is 3.47. The minimum absolute atomic E-state index is 0.134. The molecule has 6 nitrogen and oxygen atoms in total. The van der Waals surface area contributed by atoms with Gasteiger partial charge in [-0.2, -0.15) is 0 Å². The fraction of sp³-hybridized carbons (Fsp3) is 0.192. The Labute approximate surface area is 203 Å². The third-order valence-electron chi connectivity index (χ3n) is 5.68. The number of aromatic nitrogens is 1.